The van der Waals surface area contributed by atoms with E-state index in [1.165, 1.54) is 11.8 Å². The van der Waals surface area contributed by atoms with E-state index in [0.29, 0.717) is 21.7 Å². The third kappa shape index (κ3) is 5.38. The summed E-state index contributed by atoms with van der Waals surface area (Å²) in [5.41, 5.74) is 8.86. The Balaban J connectivity index is 1.66. The molecule has 0 radical (unpaired) electrons. The van der Waals surface area contributed by atoms with Gasteiger partial charge in [-0.1, -0.05) is 60.6 Å². The summed E-state index contributed by atoms with van der Waals surface area (Å²) in [5, 5.41) is 11.4. The van der Waals surface area contributed by atoms with Gasteiger partial charge in [0.25, 0.3) is 0 Å². The van der Waals surface area contributed by atoms with Crippen LogP contribution in [-0.2, 0) is 6.42 Å². The molecular weight excluding hydrogens is 394 g/mol. The molecule has 0 bridgehead atoms. The Morgan fingerprint density at radius 2 is 1.82 bits per heavy atom. The maximum atomic E-state index is 10.2. The number of aliphatic hydroxyl groups excluding tert-OH is 1. The van der Waals surface area contributed by atoms with Crippen LogP contribution in [0, 0.1) is 0 Å². The number of para-hydroxylation sites is 1. The highest BCUT2D eigenvalue weighted by molar-refractivity contribution is 7.99. The van der Waals surface area contributed by atoms with E-state index in [1.807, 2.05) is 61.5 Å². The fourth-order valence-corrected chi connectivity index (χ4v) is 3.58. The van der Waals surface area contributed by atoms with E-state index in [1.54, 1.807) is 0 Å². The molecule has 0 spiro atoms. The van der Waals surface area contributed by atoms with E-state index in [4.69, 9.17) is 22.1 Å². The zero-order valence-corrected chi connectivity index (χ0v) is 17.1. The maximum Gasteiger partial charge on any atom is 0.189 e. The molecule has 3 N–H and O–H groups in total. The second kappa shape index (κ2) is 9.78. The number of halogens is 1. The van der Waals surface area contributed by atoms with Gasteiger partial charge in [-0.3, -0.25) is 0 Å². The van der Waals surface area contributed by atoms with Crippen LogP contribution in [-0.4, -0.2) is 33.5 Å². The zero-order chi connectivity index (χ0) is 19.9. The number of benzene rings is 2. The minimum Gasteiger partial charge on any atom is -0.491 e. The molecule has 0 saturated carbocycles. The number of rotatable bonds is 8. The van der Waals surface area contributed by atoms with Crippen molar-refractivity contribution in [1.29, 1.82) is 0 Å². The number of anilines is 1. The van der Waals surface area contributed by atoms with Gasteiger partial charge in [0, 0.05) is 16.3 Å². The Hall–Kier alpha value is -2.28. The van der Waals surface area contributed by atoms with Crippen molar-refractivity contribution in [2.24, 2.45) is 0 Å². The van der Waals surface area contributed by atoms with Crippen molar-refractivity contribution in [2.45, 2.75) is 24.6 Å². The first kappa shape index (κ1) is 20.5. The predicted octanol–water partition coefficient (Wildman–Crippen LogP) is 4.47. The highest BCUT2D eigenvalue weighted by Gasteiger charge is 2.15. The fraction of sp³-hybridized carbons (Fsp3) is 0.238. The summed E-state index contributed by atoms with van der Waals surface area (Å²) in [4.78, 5) is 9.04. The third-order valence-electron chi connectivity index (χ3n) is 4.05. The second-order valence-corrected chi connectivity index (χ2v) is 7.59. The van der Waals surface area contributed by atoms with Crippen molar-refractivity contribution in [3.05, 3.63) is 65.3 Å². The number of aromatic nitrogens is 2. The summed E-state index contributed by atoms with van der Waals surface area (Å²) in [7, 11) is 0. The van der Waals surface area contributed by atoms with Crippen LogP contribution in [0.15, 0.2) is 59.8 Å². The SMILES string of the molecule is CCc1nc(SC[C@H](O)COc2ccccc2)nc(N)c1-c1ccc(Cl)cc1. The summed E-state index contributed by atoms with van der Waals surface area (Å²) >= 11 is 7.33. The molecule has 1 heterocycles. The Morgan fingerprint density at radius 1 is 1.11 bits per heavy atom. The number of hydrogen-bond donors (Lipinski definition) is 2. The number of nitrogens with two attached hydrogens (primary N) is 1. The molecule has 2 aromatic carbocycles. The average Bonchev–Trinajstić information content (AvgIpc) is 2.72. The Morgan fingerprint density at radius 3 is 2.50 bits per heavy atom. The number of aliphatic hydroxyl groups is 1. The van der Waals surface area contributed by atoms with Gasteiger partial charge in [-0.25, -0.2) is 9.97 Å². The highest BCUT2D eigenvalue weighted by Crippen LogP contribution is 2.31. The average molecular weight is 416 g/mol. The molecule has 0 aliphatic heterocycles. The van der Waals surface area contributed by atoms with Gasteiger partial charge in [0.2, 0.25) is 0 Å². The summed E-state index contributed by atoms with van der Waals surface area (Å²) < 4.78 is 5.57. The summed E-state index contributed by atoms with van der Waals surface area (Å²) in [6.45, 7) is 2.23. The molecule has 28 heavy (non-hydrogen) atoms. The van der Waals surface area contributed by atoms with Crippen LogP contribution in [0.1, 0.15) is 12.6 Å². The van der Waals surface area contributed by atoms with Crippen molar-refractivity contribution in [1.82, 2.24) is 9.97 Å². The van der Waals surface area contributed by atoms with Crippen molar-refractivity contribution < 1.29 is 9.84 Å². The molecule has 3 rings (SSSR count). The molecule has 3 aromatic rings. The topological polar surface area (TPSA) is 81.3 Å². The van der Waals surface area contributed by atoms with Gasteiger partial charge in [0.1, 0.15) is 18.2 Å². The Labute approximate surface area is 173 Å². The normalized spacial score (nSPS) is 12.0. The van der Waals surface area contributed by atoms with Crippen LogP contribution in [0.4, 0.5) is 5.82 Å². The van der Waals surface area contributed by atoms with Gasteiger partial charge in [0.15, 0.2) is 5.16 Å². The van der Waals surface area contributed by atoms with Crippen LogP contribution in [0.2, 0.25) is 5.02 Å². The van der Waals surface area contributed by atoms with Gasteiger partial charge < -0.3 is 15.6 Å². The Kier molecular flexibility index (Phi) is 7.14. The first-order valence-corrected chi connectivity index (χ1v) is 10.3. The lowest BCUT2D eigenvalue weighted by molar-refractivity contribution is 0.126. The van der Waals surface area contributed by atoms with E-state index in [0.717, 1.165) is 29.0 Å². The van der Waals surface area contributed by atoms with E-state index in [-0.39, 0.29) is 6.61 Å². The highest BCUT2D eigenvalue weighted by atomic mass is 35.5. The fourth-order valence-electron chi connectivity index (χ4n) is 2.68. The monoisotopic (exact) mass is 415 g/mol. The van der Waals surface area contributed by atoms with E-state index in [9.17, 15) is 5.11 Å². The van der Waals surface area contributed by atoms with E-state index in [2.05, 4.69) is 9.97 Å². The van der Waals surface area contributed by atoms with Gasteiger partial charge in [-0.05, 0) is 36.2 Å². The maximum absolute atomic E-state index is 10.2. The molecule has 7 heteroatoms. The zero-order valence-electron chi connectivity index (χ0n) is 15.5. The molecular formula is C21H22ClN3O2S. The number of nitrogens with zero attached hydrogens (tertiary/aromatic N) is 2. The molecule has 146 valence electrons. The molecule has 1 aromatic heterocycles. The predicted molar refractivity (Wildman–Crippen MR) is 115 cm³/mol. The van der Waals surface area contributed by atoms with Gasteiger partial charge in [0.05, 0.1) is 11.8 Å². The molecule has 0 amide bonds. The largest absolute Gasteiger partial charge is 0.491 e. The minimum atomic E-state index is -0.643. The number of ether oxygens (including phenoxy) is 1. The van der Waals surface area contributed by atoms with Crippen LogP contribution in [0.5, 0.6) is 5.75 Å². The molecule has 0 unspecified atom stereocenters. The summed E-state index contributed by atoms with van der Waals surface area (Å²) in [6, 6.07) is 16.9. The minimum absolute atomic E-state index is 0.204. The number of hydrogen-bond acceptors (Lipinski definition) is 6. The molecule has 0 fully saturated rings. The van der Waals surface area contributed by atoms with Crippen molar-refractivity contribution in [3.8, 4) is 16.9 Å². The number of thioether (sulfide) groups is 1. The lowest BCUT2D eigenvalue weighted by Gasteiger charge is -2.14. The van der Waals surface area contributed by atoms with Crippen molar-refractivity contribution >= 4 is 29.2 Å². The summed E-state index contributed by atoms with van der Waals surface area (Å²) in [5.74, 6) is 1.56. The Bertz CT molecular complexity index is 908. The molecule has 0 aliphatic carbocycles. The lowest BCUT2D eigenvalue weighted by atomic mass is 10.0. The lowest BCUT2D eigenvalue weighted by Crippen LogP contribution is -2.20. The third-order valence-corrected chi connectivity index (χ3v) is 5.29. The number of nitrogen functional groups attached to an aromatic ring is 1. The second-order valence-electron chi connectivity index (χ2n) is 6.16. The smallest absolute Gasteiger partial charge is 0.189 e. The molecule has 1 atom stereocenters. The van der Waals surface area contributed by atoms with Gasteiger partial charge >= 0.3 is 0 Å². The molecule has 0 aliphatic rings. The van der Waals surface area contributed by atoms with Crippen molar-refractivity contribution in [2.75, 3.05) is 18.1 Å². The standard InChI is InChI=1S/C21H22ClN3O2S/c1-2-18-19(14-8-10-15(22)11-9-14)20(23)25-21(24-18)28-13-16(26)12-27-17-6-4-3-5-7-17/h3-11,16,26H,2,12-13H2,1H3,(H2,23,24,25)/t16-/m1/s1. The quantitative estimate of drug-likeness (QED) is 0.417. The molecule has 5 nitrogen and oxygen atoms in total. The van der Waals surface area contributed by atoms with Crippen LogP contribution >= 0.6 is 23.4 Å². The van der Waals surface area contributed by atoms with Gasteiger partial charge in [-0.15, -0.1) is 0 Å². The molecule has 0 saturated heterocycles. The van der Waals surface area contributed by atoms with Crippen LogP contribution in [0.3, 0.4) is 0 Å². The first-order chi connectivity index (χ1) is 13.6. The summed E-state index contributed by atoms with van der Waals surface area (Å²) in [6.07, 6.45) is 0.0776. The van der Waals surface area contributed by atoms with Gasteiger partial charge in [-0.2, -0.15) is 0 Å². The first-order valence-electron chi connectivity index (χ1n) is 8.98. The van der Waals surface area contributed by atoms with Crippen LogP contribution < -0.4 is 10.5 Å². The van der Waals surface area contributed by atoms with Crippen LogP contribution in [0.25, 0.3) is 11.1 Å². The van der Waals surface area contributed by atoms with E-state index < -0.39 is 6.10 Å². The van der Waals surface area contributed by atoms with E-state index >= 15 is 0 Å². The number of aryl methyl sites for hydroxylation is 1. The van der Waals surface area contributed by atoms with Crippen molar-refractivity contribution in [3.63, 3.8) is 0 Å².